The minimum absolute atomic E-state index is 0.0952. The molecule has 22 heavy (non-hydrogen) atoms. The average Bonchev–Trinajstić information content (AvgIpc) is 2.89. The highest BCUT2D eigenvalue weighted by Crippen LogP contribution is 2.20. The molecule has 2 aromatic rings. The molecule has 0 bridgehead atoms. The van der Waals surface area contributed by atoms with E-state index in [0.29, 0.717) is 14.8 Å². The van der Waals surface area contributed by atoms with Gasteiger partial charge < -0.3 is 4.74 Å². The highest BCUT2D eigenvalue weighted by atomic mass is 127. The van der Waals surface area contributed by atoms with Gasteiger partial charge >= 0.3 is 5.97 Å². The number of benzene rings is 1. The molecule has 0 spiro atoms. The van der Waals surface area contributed by atoms with E-state index in [-0.39, 0.29) is 11.4 Å². The number of hydrogen-bond acceptors (Lipinski definition) is 5. The van der Waals surface area contributed by atoms with Crippen molar-refractivity contribution in [2.45, 2.75) is 11.4 Å². The van der Waals surface area contributed by atoms with Gasteiger partial charge in [0.2, 0.25) is 10.0 Å². The maximum Gasteiger partial charge on any atom is 0.337 e. The van der Waals surface area contributed by atoms with Crippen molar-refractivity contribution in [1.29, 1.82) is 0 Å². The van der Waals surface area contributed by atoms with Gasteiger partial charge in [-0.2, -0.15) is 5.10 Å². The fourth-order valence-electron chi connectivity index (χ4n) is 1.77. The molecule has 118 valence electrons. The van der Waals surface area contributed by atoms with Crippen molar-refractivity contribution in [2.24, 2.45) is 7.05 Å². The summed E-state index contributed by atoms with van der Waals surface area (Å²) >= 11 is 1.87. The number of rotatable bonds is 5. The lowest BCUT2D eigenvalue weighted by molar-refractivity contribution is 0.0600. The number of halogens is 1. The Hall–Kier alpha value is -1.46. The maximum atomic E-state index is 12.3. The van der Waals surface area contributed by atoms with Crippen molar-refractivity contribution < 1.29 is 17.9 Å². The number of esters is 1. The summed E-state index contributed by atoms with van der Waals surface area (Å²) in [6, 6.07) is 6.01. The Labute approximate surface area is 141 Å². The fraction of sp³-hybridized carbons (Fsp3) is 0.231. The summed E-state index contributed by atoms with van der Waals surface area (Å²) in [6.45, 7) is 0.0952. The molecule has 0 aliphatic heterocycles. The van der Waals surface area contributed by atoms with Gasteiger partial charge in [0.25, 0.3) is 0 Å². The number of carbonyl (C=O) groups is 1. The Morgan fingerprint density at radius 3 is 2.68 bits per heavy atom. The number of aryl methyl sites for hydroxylation is 1. The third-order valence-electron chi connectivity index (χ3n) is 2.85. The highest BCUT2D eigenvalue weighted by Gasteiger charge is 2.19. The van der Waals surface area contributed by atoms with E-state index in [9.17, 15) is 13.2 Å². The first kappa shape index (κ1) is 16.9. The largest absolute Gasteiger partial charge is 0.465 e. The number of nitrogens with zero attached hydrogens (tertiary/aromatic N) is 2. The number of sulfonamides is 1. The first-order valence-corrected chi connectivity index (χ1v) is 8.76. The van der Waals surface area contributed by atoms with Crippen molar-refractivity contribution in [3.05, 3.63) is 45.3 Å². The van der Waals surface area contributed by atoms with Gasteiger partial charge in [-0.3, -0.25) is 4.68 Å². The van der Waals surface area contributed by atoms with Gasteiger partial charge in [-0.1, -0.05) is 0 Å². The molecular formula is C13H14IN3O4S. The lowest BCUT2D eigenvalue weighted by Crippen LogP contribution is -2.24. The third kappa shape index (κ3) is 3.84. The zero-order chi connectivity index (χ0) is 16.3. The van der Waals surface area contributed by atoms with Crippen LogP contribution in [0.3, 0.4) is 0 Å². The molecule has 0 unspecified atom stereocenters. The van der Waals surface area contributed by atoms with Gasteiger partial charge in [0.15, 0.2) is 0 Å². The molecule has 0 atom stereocenters. The van der Waals surface area contributed by atoms with Crippen LogP contribution in [0, 0.1) is 3.57 Å². The third-order valence-corrected chi connectivity index (χ3v) is 5.57. The van der Waals surface area contributed by atoms with E-state index < -0.39 is 16.0 Å². The van der Waals surface area contributed by atoms with E-state index in [1.807, 2.05) is 22.6 Å². The molecule has 0 aliphatic carbocycles. The predicted octanol–water partition coefficient (Wildman–Crippen LogP) is 1.29. The molecule has 0 amide bonds. The first-order valence-electron chi connectivity index (χ1n) is 6.19. The summed E-state index contributed by atoms with van der Waals surface area (Å²) in [5.41, 5.74) is 0.919. The normalized spacial score (nSPS) is 11.4. The molecule has 0 fully saturated rings. The summed E-state index contributed by atoms with van der Waals surface area (Å²) in [5, 5.41) is 4.10. The van der Waals surface area contributed by atoms with Gasteiger partial charge in [-0.25, -0.2) is 17.9 Å². The lowest BCUT2D eigenvalue weighted by atomic mass is 10.2. The quantitative estimate of drug-likeness (QED) is 0.565. The zero-order valence-electron chi connectivity index (χ0n) is 11.9. The topological polar surface area (TPSA) is 90.3 Å². The van der Waals surface area contributed by atoms with Gasteiger partial charge in [-0.15, -0.1) is 0 Å². The molecule has 0 radical (unpaired) electrons. The molecule has 0 saturated heterocycles. The second kappa shape index (κ2) is 6.75. The van der Waals surface area contributed by atoms with Crippen molar-refractivity contribution in [1.82, 2.24) is 14.5 Å². The Morgan fingerprint density at radius 2 is 2.14 bits per heavy atom. The predicted molar refractivity (Wildman–Crippen MR) is 87.7 cm³/mol. The number of methoxy groups -OCH3 is 1. The molecule has 7 nitrogen and oxygen atoms in total. The monoisotopic (exact) mass is 435 g/mol. The SMILES string of the molecule is COC(=O)c1ccc(S(=O)(=O)NCc2ccn(C)n2)c(I)c1. The van der Waals surface area contributed by atoms with Crippen LogP contribution in [0.15, 0.2) is 35.4 Å². The van der Waals surface area contributed by atoms with Gasteiger partial charge in [0.1, 0.15) is 0 Å². The second-order valence-electron chi connectivity index (χ2n) is 4.44. The summed E-state index contributed by atoms with van der Waals surface area (Å²) < 4.78 is 33.8. The number of aromatic nitrogens is 2. The van der Waals surface area contributed by atoms with Crippen LogP contribution in [0.1, 0.15) is 16.1 Å². The van der Waals surface area contributed by atoms with Crippen molar-refractivity contribution >= 4 is 38.6 Å². The van der Waals surface area contributed by atoms with Crippen LogP contribution in [0.25, 0.3) is 0 Å². The smallest absolute Gasteiger partial charge is 0.337 e. The minimum Gasteiger partial charge on any atom is -0.465 e. The Balaban J connectivity index is 2.20. The van der Waals surface area contributed by atoms with Crippen LogP contribution in [-0.2, 0) is 28.4 Å². The summed E-state index contributed by atoms with van der Waals surface area (Å²) in [6.07, 6.45) is 1.73. The number of ether oxygens (including phenoxy) is 1. The van der Waals surface area contributed by atoms with Crippen LogP contribution in [0.4, 0.5) is 0 Å². The number of nitrogens with one attached hydrogen (secondary N) is 1. The van der Waals surface area contributed by atoms with E-state index in [1.54, 1.807) is 24.0 Å². The van der Waals surface area contributed by atoms with E-state index in [0.717, 1.165) is 0 Å². The van der Waals surface area contributed by atoms with E-state index in [4.69, 9.17) is 0 Å². The molecule has 9 heteroatoms. The zero-order valence-corrected chi connectivity index (χ0v) is 14.9. The molecular weight excluding hydrogens is 421 g/mol. The highest BCUT2D eigenvalue weighted by molar-refractivity contribution is 14.1. The summed E-state index contributed by atoms with van der Waals surface area (Å²) in [4.78, 5) is 11.5. The van der Waals surface area contributed by atoms with Crippen molar-refractivity contribution in [3.63, 3.8) is 0 Å². The molecule has 0 saturated carbocycles. The molecule has 1 heterocycles. The molecule has 2 rings (SSSR count). The summed E-state index contributed by atoms with van der Waals surface area (Å²) in [7, 11) is -0.659. The standard InChI is InChI=1S/C13H14IN3O4S/c1-17-6-5-10(16-17)8-15-22(19,20)12-4-3-9(7-11(12)14)13(18)21-2/h3-7,15H,8H2,1-2H3. The van der Waals surface area contributed by atoms with Gasteiger partial charge in [-0.05, 0) is 46.9 Å². The lowest BCUT2D eigenvalue weighted by Gasteiger charge is -2.08. The first-order chi connectivity index (χ1) is 10.3. The van der Waals surface area contributed by atoms with Crippen LogP contribution in [-0.4, -0.2) is 31.3 Å². The Morgan fingerprint density at radius 1 is 1.41 bits per heavy atom. The Bertz CT molecular complexity index is 801. The molecule has 1 N–H and O–H groups in total. The van der Waals surface area contributed by atoms with Crippen molar-refractivity contribution in [3.8, 4) is 0 Å². The minimum atomic E-state index is -3.69. The molecule has 1 aromatic carbocycles. The van der Waals surface area contributed by atoms with Crippen molar-refractivity contribution in [2.75, 3.05) is 7.11 Å². The van der Waals surface area contributed by atoms with Crippen LogP contribution in [0.5, 0.6) is 0 Å². The fourth-order valence-corrected chi connectivity index (χ4v) is 4.21. The van der Waals surface area contributed by atoms with E-state index >= 15 is 0 Å². The van der Waals surface area contributed by atoms with Gasteiger partial charge in [0.05, 0.1) is 29.8 Å². The van der Waals surface area contributed by atoms with Gasteiger partial charge in [0, 0.05) is 16.8 Å². The van der Waals surface area contributed by atoms with Crippen LogP contribution < -0.4 is 4.72 Å². The van der Waals surface area contributed by atoms with E-state index in [2.05, 4.69) is 14.6 Å². The molecule has 0 aliphatic rings. The van der Waals surface area contributed by atoms with Crippen LogP contribution in [0.2, 0.25) is 0 Å². The van der Waals surface area contributed by atoms with Crippen LogP contribution >= 0.6 is 22.6 Å². The number of hydrogen-bond donors (Lipinski definition) is 1. The average molecular weight is 435 g/mol. The van der Waals surface area contributed by atoms with E-state index in [1.165, 1.54) is 25.3 Å². The molecule has 1 aromatic heterocycles. The maximum absolute atomic E-state index is 12.3. The second-order valence-corrected chi connectivity index (χ2v) is 7.34. The Kier molecular flexibility index (Phi) is 5.19. The number of carbonyl (C=O) groups excluding carboxylic acids is 1. The summed E-state index contributed by atoms with van der Waals surface area (Å²) in [5.74, 6) is -0.511.